The van der Waals surface area contributed by atoms with Crippen LogP contribution in [0.2, 0.25) is 5.02 Å². The first-order valence-corrected chi connectivity index (χ1v) is 10.2. The van der Waals surface area contributed by atoms with Crippen LogP contribution in [0.25, 0.3) is 0 Å². The number of benzene rings is 1. The van der Waals surface area contributed by atoms with Gasteiger partial charge in [-0.05, 0) is 32.9 Å². The van der Waals surface area contributed by atoms with Gasteiger partial charge in [-0.2, -0.15) is 0 Å². The summed E-state index contributed by atoms with van der Waals surface area (Å²) in [5, 5.41) is 12.6. The Morgan fingerprint density at radius 3 is 2.79 bits per heavy atom. The molecule has 1 atom stereocenters. The van der Waals surface area contributed by atoms with E-state index in [1.807, 2.05) is 32.9 Å². The maximum absolute atomic E-state index is 12.5. The summed E-state index contributed by atoms with van der Waals surface area (Å²) >= 11 is 7.35. The van der Waals surface area contributed by atoms with Gasteiger partial charge in [0.25, 0.3) is 0 Å². The van der Waals surface area contributed by atoms with Gasteiger partial charge in [-0.3, -0.25) is 9.59 Å². The summed E-state index contributed by atoms with van der Waals surface area (Å²) in [7, 11) is 0. The lowest BCUT2D eigenvalue weighted by molar-refractivity contribution is -0.131. The standard InChI is InChI=1S/C19H23ClN4O3S/c1-19(2,3)24-11-12(10-16(24)25)17(26)21-18-23-22-15(28-18)8-9-27-14-7-5-4-6-13(14)20/h4-7,12H,8-11H2,1-3H3,(H,21,23,26)/t12-/m1/s1. The molecule has 150 valence electrons. The van der Waals surface area contributed by atoms with Gasteiger partial charge in [0.15, 0.2) is 0 Å². The molecule has 1 aliphatic rings. The van der Waals surface area contributed by atoms with Crippen molar-refractivity contribution in [2.24, 2.45) is 5.92 Å². The van der Waals surface area contributed by atoms with Crippen molar-refractivity contribution in [3.05, 3.63) is 34.3 Å². The molecule has 1 fully saturated rings. The van der Waals surface area contributed by atoms with Gasteiger partial charge < -0.3 is 15.0 Å². The van der Waals surface area contributed by atoms with Crippen LogP contribution in [-0.4, -0.2) is 45.6 Å². The van der Waals surface area contributed by atoms with E-state index in [0.29, 0.717) is 35.5 Å². The van der Waals surface area contributed by atoms with Gasteiger partial charge in [-0.25, -0.2) is 0 Å². The molecule has 1 saturated heterocycles. The monoisotopic (exact) mass is 422 g/mol. The Balaban J connectivity index is 1.50. The SMILES string of the molecule is CC(C)(C)N1C[C@H](C(=O)Nc2nnc(CCOc3ccccc3Cl)s2)CC1=O. The lowest BCUT2D eigenvalue weighted by atomic mass is 10.1. The van der Waals surface area contributed by atoms with Crippen molar-refractivity contribution >= 4 is 39.9 Å². The molecule has 3 rings (SSSR count). The summed E-state index contributed by atoms with van der Waals surface area (Å²) in [6.45, 7) is 6.72. The second kappa shape index (κ2) is 8.45. The third-order valence-electron chi connectivity index (χ3n) is 4.41. The number of anilines is 1. The highest BCUT2D eigenvalue weighted by molar-refractivity contribution is 7.15. The maximum atomic E-state index is 12.5. The van der Waals surface area contributed by atoms with Crippen molar-refractivity contribution < 1.29 is 14.3 Å². The molecular formula is C19H23ClN4O3S. The molecule has 0 bridgehead atoms. The van der Waals surface area contributed by atoms with Crippen LogP contribution < -0.4 is 10.1 Å². The summed E-state index contributed by atoms with van der Waals surface area (Å²) < 4.78 is 5.64. The largest absolute Gasteiger partial charge is 0.492 e. The van der Waals surface area contributed by atoms with Crippen LogP contribution in [0, 0.1) is 5.92 Å². The van der Waals surface area contributed by atoms with Gasteiger partial charge in [0.2, 0.25) is 16.9 Å². The molecule has 2 heterocycles. The molecule has 2 aromatic rings. The number of rotatable bonds is 6. The molecule has 9 heteroatoms. The van der Waals surface area contributed by atoms with Crippen LogP contribution in [0.1, 0.15) is 32.2 Å². The number of hydrogen-bond donors (Lipinski definition) is 1. The predicted molar refractivity (Wildman–Crippen MR) is 109 cm³/mol. The lowest BCUT2D eigenvalue weighted by Gasteiger charge is -2.31. The minimum absolute atomic E-state index is 0.00215. The quantitative estimate of drug-likeness (QED) is 0.771. The number of hydrogen-bond acceptors (Lipinski definition) is 6. The summed E-state index contributed by atoms with van der Waals surface area (Å²) in [4.78, 5) is 26.4. The number of aromatic nitrogens is 2. The summed E-state index contributed by atoms with van der Waals surface area (Å²) in [5.74, 6) is 0.0524. The maximum Gasteiger partial charge on any atom is 0.231 e. The highest BCUT2D eigenvalue weighted by Gasteiger charge is 2.39. The molecular weight excluding hydrogens is 400 g/mol. The van der Waals surface area contributed by atoms with Crippen LogP contribution in [0.3, 0.4) is 0 Å². The van der Waals surface area contributed by atoms with Gasteiger partial charge in [-0.15, -0.1) is 10.2 Å². The average molecular weight is 423 g/mol. The van der Waals surface area contributed by atoms with E-state index in [-0.39, 0.29) is 29.7 Å². The van der Waals surface area contributed by atoms with Gasteiger partial charge in [0.1, 0.15) is 10.8 Å². The third kappa shape index (κ3) is 4.99. The number of amides is 2. The smallest absolute Gasteiger partial charge is 0.231 e. The van der Waals surface area contributed by atoms with Crippen molar-refractivity contribution in [3.63, 3.8) is 0 Å². The van der Waals surface area contributed by atoms with Gasteiger partial charge >= 0.3 is 0 Å². The normalized spacial score (nSPS) is 17.1. The van der Waals surface area contributed by atoms with E-state index in [2.05, 4.69) is 15.5 Å². The number of likely N-dealkylation sites (tertiary alicyclic amines) is 1. The van der Waals surface area contributed by atoms with E-state index in [1.54, 1.807) is 17.0 Å². The van der Waals surface area contributed by atoms with Crippen LogP contribution in [-0.2, 0) is 16.0 Å². The van der Waals surface area contributed by atoms with Crippen LogP contribution >= 0.6 is 22.9 Å². The van der Waals surface area contributed by atoms with Gasteiger partial charge in [0, 0.05) is 24.9 Å². The Kier molecular flexibility index (Phi) is 6.20. The third-order valence-corrected chi connectivity index (χ3v) is 5.62. The van der Waals surface area contributed by atoms with E-state index in [4.69, 9.17) is 16.3 Å². The summed E-state index contributed by atoms with van der Waals surface area (Å²) in [6, 6.07) is 7.27. The number of halogens is 1. The number of nitrogens with one attached hydrogen (secondary N) is 1. The molecule has 0 unspecified atom stereocenters. The minimum atomic E-state index is -0.373. The topological polar surface area (TPSA) is 84.4 Å². The summed E-state index contributed by atoms with van der Waals surface area (Å²) in [5.41, 5.74) is -0.288. The first-order valence-electron chi connectivity index (χ1n) is 9.05. The fourth-order valence-corrected chi connectivity index (χ4v) is 3.87. The first kappa shape index (κ1) is 20.5. The number of nitrogens with zero attached hydrogens (tertiary/aromatic N) is 3. The molecule has 28 heavy (non-hydrogen) atoms. The van der Waals surface area contributed by atoms with Crippen LogP contribution in [0.15, 0.2) is 24.3 Å². The molecule has 2 amide bonds. The van der Waals surface area contributed by atoms with E-state index in [1.165, 1.54) is 11.3 Å². The van der Waals surface area contributed by atoms with Crippen molar-refractivity contribution in [2.45, 2.75) is 39.2 Å². The molecule has 1 N–H and O–H groups in total. The minimum Gasteiger partial charge on any atom is -0.492 e. The number of carbonyl (C=O) groups excluding carboxylic acids is 2. The second-order valence-corrected chi connectivity index (χ2v) is 9.06. The predicted octanol–water partition coefficient (Wildman–Crippen LogP) is 3.40. The Bertz CT molecular complexity index is 865. The molecule has 1 aromatic heterocycles. The van der Waals surface area contributed by atoms with E-state index in [9.17, 15) is 9.59 Å². The first-order chi connectivity index (χ1) is 13.2. The van der Waals surface area contributed by atoms with Crippen molar-refractivity contribution in [1.82, 2.24) is 15.1 Å². The average Bonchev–Trinajstić information content (AvgIpc) is 3.23. The van der Waals surface area contributed by atoms with Crippen molar-refractivity contribution in [2.75, 3.05) is 18.5 Å². The molecule has 1 aliphatic heterocycles. The molecule has 0 radical (unpaired) electrons. The Labute approximate surface area is 173 Å². The highest BCUT2D eigenvalue weighted by Crippen LogP contribution is 2.27. The zero-order chi connectivity index (χ0) is 20.3. The van der Waals surface area contributed by atoms with E-state index >= 15 is 0 Å². The zero-order valence-corrected chi connectivity index (χ0v) is 17.6. The molecule has 0 spiro atoms. The van der Waals surface area contributed by atoms with E-state index in [0.717, 1.165) is 5.01 Å². The van der Waals surface area contributed by atoms with Gasteiger partial charge in [-0.1, -0.05) is 35.1 Å². The fraction of sp³-hybridized carbons (Fsp3) is 0.474. The Morgan fingerprint density at radius 1 is 1.36 bits per heavy atom. The molecule has 0 saturated carbocycles. The number of carbonyl (C=O) groups is 2. The fourth-order valence-electron chi connectivity index (χ4n) is 2.95. The van der Waals surface area contributed by atoms with E-state index < -0.39 is 0 Å². The summed E-state index contributed by atoms with van der Waals surface area (Å²) in [6.07, 6.45) is 0.777. The number of ether oxygens (including phenoxy) is 1. The zero-order valence-electron chi connectivity index (χ0n) is 16.1. The molecule has 7 nitrogen and oxygen atoms in total. The number of para-hydroxylation sites is 1. The molecule has 1 aromatic carbocycles. The van der Waals surface area contributed by atoms with Crippen molar-refractivity contribution in [3.8, 4) is 5.75 Å². The van der Waals surface area contributed by atoms with Gasteiger partial charge in [0.05, 0.1) is 17.5 Å². The van der Waals surface area contributed by atoms with Crippen LogP contribution in [0.5, 0.6) is 5.75 Å². The van der Waals surface area contributed by atoms with Crippen LogP contribution in [0.4, 0.5) is 5.13 Å². The lowest BCUT2D eigenvalue weighted by Crippen LogP contribution is -2.42. The Morgan fingerprint density at radius 2 is 2.11 bits per heavy atom. The second-order valence-electron chi connectivity index (χ2n) is 7.60. The highest BCUT2D eigenvalue weighted by atomic mass is 35.5. The molecule has 0 aliphatic carbocycles. The van der Waals surface area contributed by atoms with Crippen molar-refractivity contribution in [1.29, 1.82) is 0 Å². The Hall–Kier alpha value is -2.19.